The average Bonchev–Trinajstić information content (AvgIpc) is 3.17. The lowest BCUT2D eigenvalue weighted by Gasteiger charge is -2.08. The summed E-state index contributed by atoms with van der Waals surface area (Å²) < 4.78 is 10.8. The Morgan fingerprint density at radius 1 is 1.19 bits per heavy atom. The zero-order chi connectivity index (χ0) is 18.4. The van der Waals surface area contributed by atoms with E-state index < -0.39 is 5.97 Å². The molecular formula is C19H16N4O3. The summed E-state index contributed by atoms with van der Waals surface area (Å²) in [5.74, 6) is 0.102. The Hall–Kier alpha value is -3.66. The van der Waals surface area contributed by atoms with Gasteiger partial charge < -0.3 is 9.47 Å². The van der Waals surface area contributed by atoms with E-state index >= 15 is 0 Å². The maximum Gasteiger partial charge on any atom is 0.361 e. The molecule has 7 heteroatoms. The normalized spacial score (nSPS) is 10.2. The number of esters is 1. The number of benzene rings is 2. The number of rotatable bonds is 6. The first-order chi connectivity index (χ1) is 12.7. The predicted octanol–water partition coefficient (Wildman–Crippen LogP) is 3.10. The second-order valence-corrected chi connectivity index (χ2v) is 5.37. The van der Waals surface area contributed by atoms with E-state index in [2.05, 4.69) is 21.5 Å². The van der Waals surface area contributed by atoms with Crippen LogP contribution in [0.4, 0.5) is 0 Å². The van der Waals surface area contributed by atoms with Crippen molar-refractivity contribution in [1.29, 1.82) is 5.26 Å². The molecule has 0 amide bonds. The highest BCUT2D eigenvalue weighted by Gasteiger charge is 2.19. The molecule has 3 aromatic rings. The van der Waals surface area contributed by atoms with Crippen molar-refractivity contribution in [3.63, 3.8) is 0 Å². The Kier molecular flexibility index (Phi) is 5.25. The van der Waals surface area contributed by atoms with E-state index in [-0.39, 0.29) is 12.3 Å². The molecule has 0 aliphatic carbocycles. The van der Waals surface area contributed by atoms with Gasteiger partial charge >= 0.3 is 5.97 Å². The molecule has 0 aliphatic heterocycles. The Morgan fingerprint density at radius 2 is 2.00 bits per heavy atom. The molecule has 1 heterocycles. The number of hydrogen-bond donors (Lipinski definition) is 1. The van der Waals surface area contributed by atoms with Crippen molar-refractivity contribution in [2.24, 2.45) is 0 Å². The third kappa shape index (κ3) is 3.87. The second kappa shape index (κ2) is 7.94. The third-order valence-electron chi connectivity index (χ3n) is 3.61. The van der Waals surface area contributed by atoms with Crippen molar-refractivity contribution >= 4 is 5.97 Å². The lowest BCUT2D eigenvalue weighted by molar-refractivity contribution is 0.0520. The highest BCUT2D eigenvalue weighted by Crippen LogP contribution is 2.25. The Labute approximate surface area is 150 Å². The molecule has 0 unspecified atom stereocenters. The average molecular weight is 348 g/mol. The fourth-order valence-electron chi connectivity index (χ4n) is 2.35. The molecule has 0 saturated carbocycles. The molecule has 2 aromatic carbocycles. The molecule has 0 radical (unpaired) electrons. The molecule has 0 aliphatic rings. The number of ether oxygens (including phenoxy) is 2. The van der Waals surface area contributed by atoms with Crippen molar-refractivity contribution in [1.82, 2.24) is 15.4 Å². The van der Waals surface area contributed by atoms with Gasteiger partial charge in [-0.1, -0.05) is 24.3 Å². The van der Waals surface area contributed by atoms with E-state index in [9.17, 15) is 4.79 Å². The first-order valence-electron chi connectivity index (χ1n) is 8.01. The molecule has 0 atom stereocenters. The molecule has 3 rings (SSSR count). The maximum atomic E-state index is 11.9. The zero-order valence-electron chi connectivity index (χ0n) is 14.1. The number of carbonyl (C=O) groups excluding carboxylic acids is 1. The summed E-state index contributed by atoms with van der Waals surface area (Å²) in [7, 11) is 0. The van der Waals surface area contributed by atoms with Gasteiger partial charge in [-0.3, -0.25) is 0 Å². The second-order valence-electron chi connectivity index (χ2n) is 5.37. The van der Waals surface area contributed by atoms with Gasteiger partial charge in [0, 0.05) is 5.56 Å². The Balaban J connectivity index is 1.75. The lowest BCUT2D eigenvalue weighted by atomic mass is 10.1. The largest absolute Gasteiger partial charge is 0.489 e. The summed E-state index contributed by atoms with van der Waals surface area (Å²) in [6.45, 7) is 2.35. The highest BCUT2D eigenvalue weighted by atomic mass is 16.5. The Bertz CT molecular complexity index is 942. The van der Waals surface area contributed by atoms with Crippen LogP contribution in [0.5, 0.6) is 5.75 Å². The van der Waals surface area contributed by atoms with Crippen molar-refractivity contribution in [2.45, 2.75) is 13.5 Å². The van der Waals surface area contributed by atoms with Gasteiger partial charge in [-0.2, -0.15) is 15.6 Å². The van der Waals surface area contributed by atoms with Crippen LogP contribution in [0.1, 0.15) is 28.5 Å². The zero-order valence-corrected chi connectivity index (χ0v) is 14.1. The predicted molar refractivity (Wildman–Crippen MR) is 93.3 cm³/mol. The summed E-state index contributed by atoms with van der Waals surface area (Å²) in [4.78, 5) is 11.9. The molecule has 0 spiro atoms. The summed E-state index contributed by atoms with van der Waals surface area (Å²) in [5.41, 5.74) is 2.79. The molecule has 1 aromatic heterocycles. The van der Waals surface area contributed by atoms with E-state index in [1.807, 2.05) is 30.3 Å². The highest BCUT2D eigenvalue weighted by molar-refractivity contribution is 5.93. The standard InChI is InChI=1S/C19H16N4O3/c1-2-25-19(24)18-17(21-23-22-18)15-4-3-5-16(10-15)26-12-14-8-6-13(11-20)7-9-14/h3-10H,2,12H2,1H3,(H,21,22,23). The third-order valence-corrected chi connectivity index (χ3v) is 3.61. The number of nitriles is 1. The number of carbonyl (C=O) groups is 1. The van der Waals surface area contributed by atoms with Crippen LogP contribution >= 0.6 is 0 Å². The number of nitrogens with zero attached hydrogens (tertiary/aromatic N) is 3. The van der Waals surface area contributed by atoms with E-state index in [1.54, 1.807) is 25.1 Å². The topological polar surface area (TPSA) is 101 Å². The van der Waals surface area contributed by atoms with Gasteiger partial charge in [-0.05, 0) is 36.8 Å². The lowest BCUT2D eigenvalue weighted by Crippen LogP contribution is -2.06. The molecule has 7 nitrogen and oxygen atoms in total. The van der Waals surface area contributed by atoms with Crippen molar-refractivity contribution in [3.8, 4) is 23.1 Å². The summed E-state index contributed by atoms with van der Waals surface area (Å²) >= 11 is 0. The van der Waals surface area contributed by atoms with E-state index in [4.69, 9.17) is 14.7 Å². The summed E-state index contributed by atoms with van der Waals surface area (Å²) in [6.07, 6.45) is 0. The molecule has 1 N–H and O–H groups in total. The van der Waals surface area contributed by atoms with Gasteiger partial charge in [-0.15, -0.1) is 5.10 Å². The Morgan fingerprint density at radius 3 is 2.73 bits per heavy atom. The molecule has 0 fully saturated rings. The van der Waals surface area contributed by atoms with E-state index in [1.165, 1.54) is 0 Å². The van der Waals surface area contributed by atoms with Crippen molar-refractivity contribution < 1.29 is 14.3 Å². The number of aromatic nitrogens is 3. The molecule has 26 heavy (non-hydrogen) atoms. The van der Waals surface area contributed by atoms with Crippen LogP contribution in [0.15, 0.2) is 48.5 Å². The number of aromatic amines is 1. The van der Waals surface area contributed by atoms with Gasteiger partial charge in [-0.25, -0.2) is 4.79 Å². The molecule has 0 saturated heterocycles. The molecular weight excluding hydrogens is 332 g/mol. The summed E-state index contributed by atoms with van der Waals surface area (Å²) in [6, 6.07) is 16.5. The number of nitrogens with one attached hydrogen (secondary N) is 1. The van der Waals surface area contributed by atoms with Crippen LogP contribution in [0.3, 0.4) is 0 Å². The maximum absolute atomic E-state index is 11.9. The minimum absolute atomic E-state index is 0.135. The fraction of sp³-hybridized carbons (Fsp3) is 0.158. The van der Waals surface area contributed by atoms with Crippen LogP contribution in [0.2, 0.25) is 0 Å². The van der Waals surface area contributed by atoms with Crippen molar-refractivity contribution in [2.75, 3.05) is 6.61 Å². The smallest absolute Gasteiger partial charge is 0.361 e. The minimum Gasteiger partial charge on any atom is -0.489 e. The van der Waals surface area contributed by atoms with E-state index in [0.717, 1.165) is 5.56 Å². The van der Waals surface area contributed by atoms with Gasteiger partial charge in [0.2, 0.25) is 0 Å². The first-order valence-corrected chi connectivity index (χ1v) is 8.01. The molecule has 0 bridgehead atoms. The first kappa shape index (κ1) is 17.2. The van der Waals surface area contributed by atoms with E-state index in [0.29, 0.717) is 29.2 Å². The van der Waals surface area contributed by atoms with Gasteiger partial charge in [0.05, 0.1) is 18.2 Å². The summed E-state index contributed by atoms with van der Waals surface area (Å²) in [5, 5.41) is 19.2. The SMILES string of the molecule is CCOC(=O)c1n[nH]nc1-c1cccc(OCc2ccc(C#N)cc2)c1. The van der Waals surface area contributed by atoms with Crippen LogP contribution in [0, 0.1) is 11.3 Å². The van der Waals surface area contributed by atoms with Gasteiger partial charge in [0.1, 0.15) is 18.1 Å². The van der Waals surface area contributed by atoms with Crippen LogP contribution < -0.4 is 4.74 Å². The van der Waals surface area contributed by atoms with Gasteiger partial charge in [0.15, 0.2) is 5.69 Å². The van der Waals surface area contributed by atoms with Crippen LogP contribution in [-0.2, 0) is 11.3 Å². The van der Waals surface area contributed by atoms with Gasteiger partial charge in [0.25, 0.3) is 0 Å². The number of H-pyrrole nitrogens is 1. The molecule has 130 valence electrons. The minimum atomic E-state index is -0.528. The van der Waals surface area contributed by atoms with Crippen LogP contribution in [-0.4, -0.2) is 28.0 Å². The van der Waals surface area contributed by atoms with Crippen molar-refractivity contribution in [3.05, 3.63) is 65.4 Å². The fourth-order valence-corrected chi connectivity index (χ4v) is 2.35. The number of hydrogen-bond acceptors (Lipinski definition) is 6. The quantitative estimate of drug-likeness (QED) is 0.687. The monoisotopic (exact) mass is 348 g/mol. The van der Waals surface area contributed by atoms with Crippen LogP contribution in [0.25, 0.3) is 11.3 Å².